The number of hydrogen-bond acceptors (Lipinski definition) is 5. The topological polar surface area (TPSA) is 88.0 Å². The summed E-state index contributed by atoms with van der Waals surface area (Å²) in [6.45, 7) is 4.04. The van der Waals surface area contributed by atoms with Crippen LogP contribution in [0.2, 0.25) is 0 Å². The molecule has 6 nitrogen and oxygen atoms in total. The highest BCUT2D eigenvalue weighted by atomic mass is 32.1. The minimum Gasteiger partial charge on any atom is -0.461 e. The molecule has 1 aromatic heterocycles. The molecule has 0 spiro atoms. The van der Waals surface area contributed by atoms with Crippen LogP contribution in [0.1, 0.15) is 27.3 Å². The van der Waals surface area contributed by atoms with Crippen LogP contribution < -0.4 is 0 Å². The first-order chi connectivity index (χ1) is 7.19. The Hall–Kier alpha value is -1.59. The minimum atomic E-state index is -0.433. The van der Waals surface area contributed by atoms with Gasteiger partial charge in [-0.3, -0.25) is 0 Å². The van der Waals surface area contributed by atoms with E-state index in [1.54, 1.807) is 13.8 Å². The van der Waals surface area contributed by atoms with Crippen molar-refractivity contribution in [3.8, 4) is 0 Å². The van der Waals surface area contributed by atoms with Crippen molar-refractivity contribution in [2.75, 3.05) is 6.61 Å². The fraction of sp³-hybridized carbons (Fsp3) is 0.500. The predicted octanol–water partition coefficient (Wildman–Crippen LogP) is 2.44. The Morgan fingerprint density at radius 3 is 3.07 bits per heavy atom. The molecule has 0 amide bonds. The predicted molar refractivity (Wildman–Crippen MR) is 55.7 cm³/mol. The van der Waals surface area contributed by atoms with Crippen LogP contribution in [-0.2, 0) is 11.3 Å². The molecule has 80 valence electrons. The maximum atomic E-state index is 11.3. The van der Waals surface area contributed by atoms with E-state index in [4.69, 9.17) is 10.3 Å². The first-order valence-electron chi connectivity index (χ1n) is 4.33. The monoisotopic (exact) mass is 226 g/mol. The summed E-state index contributed by atoms with van der Waals surface area (Å²) < 4.78 is 4.81. The van der Waals surface area contributed by atoms with Gasteiger partial charge in [0.25, 0.3) is 0 Å². The second kappa shape index (κ2) is 5.33. The molecule has 0 saturated heterocycles. The van der Waals surface area contributed by atoms with E-state index >= 15 is 0 Å². The van der Waals surface area contributed by atoms with E-state index in [0.717, 1.165) is 4.88 Å². The summed E-state index contributed by atoms with van der Waals surface area (Å²) >= 11 is 1.20. The molecule has 0 fully saturated rings. The third-order valence-corrected chi connectivity index (χ3v) is 2.74. The molecule has 0 aromatic carbocycles. The number of thiazole rings is 1. The Morgan fingerprint density at radius 1 is 1.73 bits per heavy atom. The molecule has 15 heavy (non-hydrogen) atoms. The average molecular weight is 226 g/mol. The van der Waals surface area contributed by atoms with E-state index < -0.39 is 5.97 Å². The second-order valence-corrected chi connectivity index (χ2v) is 3.72. The van der Waals surface area contributed by atoms with Gasteiger partial charge in [-0.2, -0.15) is 0 Å². The number of azide groups is 1. The lowest BCUT2D eigenvalue weighted by atomic mass is 10.4. The highest BCUT2D eigenvalue weighted by Crippen LogP contribution is 2.19. The largest absolute Gasteiger partial charge is 0.461 e. The zero-order valence-corrected chi connectivity index (χ0v) is 9.24. The van der Waals surface area contributed by atoms with Crippen molar-refractivity contribution in [1.82, 2.24) is 4.98 Å². The van der Waals surface area contributed by atoms with Crippen LogP contribution in [-0.4, -0.2) is 17.6 Å². The molecular formula is C8H10N4O2S. The number of ether oxygens (including phenoxy) is 1. The fourth-order valence-corrected chi connectivity index (χ4v) is 1.82. The number of esters is 1. The van der Waals surface area contributed by atoms with E-state index in [9.17, 15) is 4.79 Å². The van der Waals surface area contributed by atoms with Crippen LogP contribution in [0.15, 0.2) is 5.11 Å². The van der Waals surface area contributed by atoms with Crippen LogP contribution in [0, 0.1) is 6.92 Å². The lowest BCUT2D eigenvalue weighted by Gasteiger charge is -1.95. The smallest absolute Gasteiger partial charge is 0.367 e. The van der Waals surface area contributed by atoms with Crippen molar-refractivity contribution in [2.24, 2.45) is 5.11 Å². The first-order valence-corrected chi connectivity index (χ1v) is 5.15. The minimum absolute atomic E-state index is 0.222. The van der Waals surface area contributed by atoms with Gasteiger partial charge in [-0.1, -0.05) is 5.11 Å². The van der Waals surface area contributed by atoms with Gasteiger partial charge in [0.05, 0.1) is 18.8 Å². The number of hydrogen-bond donors (Lipinski definition) is 0. The zero-order chi connectivity index (χ0) is 11.3. The number of aromatic nitrogens is 1. The van der Waals surface area contributed by atoms with E-state index in [-0.39, 0.29) is 6.54 Å². The summed E-state index contributed by atoms with van der Waals surface area (Å²) in [7, 11) is 0. The van der Waals surface area contributed by atoms with Crippen molar-refractivity contribution < 1.29 is 9.53 Å². The van der Waals surface area contributed by atoms with Gasteiger partial charge in [-0.05, 0) is 19.4 Å². The van der Waals surface area contributed by atoms with Crippen molar-refractivity contribution in [2.45, 2.75) is 20.4 Å². The number of rotatable bonds is 4. The van der Waals surface area contributed by atoms with Crippen LogP contribution in [0.4, 0.5) is 0 Å². The molecule has 0 bridgehead atoms. The molecule has 0 aliphatic carbocycles. The normalized spacial score (nSPS) is 9.47. The van der Waals surface area contributed by atoms with Gasteiger partial charge in [-0.25, -0.2) is 9.78 Å². The molecule has 0 aliphatic heterocycles. The number of aryl methyl sites for hydroxylation is 1. The van der Waals surface area contributed by atoms with Crippen molar-refractivity contribution in [3.05, 3.63) is 26.0 Å². The Morgan fingerprint density at radius 2 is 2.47 bits per heavy atom. The van der Waals surface area contributed by atoms with Gasteiger partial charge in [0, 0.05) is 9.79 Å². The summed E-state index contributed by atoms with van der Waals surface area (Å²) in [5.74, 6) is -0.433. The molecule has 0 radical (unpaired) electrons. The van der Waals surface area contributed by atoms with E-state index in [1.165, 1.54) is 11.3 Å². The SMILES string of the molecule is CCOC(=O)c1nc(C)c(CN=[N+]=[N-])s1. The first kappa shape index (κ1) is 11.5. The molecule has 0 unspecified atom stereocenters. The Labute approximate surface area is 90.5 Å². The van der Waals surface area contributed by atoms with Crippen LogP contribution in [0.5, 0.6) is 0 Å². The van der Waals surface area contributed by atoms with Crippen molar-refractivity contribution in [1.29, 1.82) is 0 Å². The molecule has 0 N–H and O–H groups in total. The highest BCUT2D eigenvalue weighted by Gasteiger charge is 2.14. The second-order valence-electron chi connectivity index (χ2n) is 2.64. The molecule has 1 aromatic rings. The molecular weight excluding hydrogens is 216 g/mol. The van der Waals surface area contributed by atoms with E-state index in [1.807, 2.05) is 0 Å². The maximum absolute atomic E-state index is 11.3. The van der Waals surface area contributed by atoms with E-state index in [2.05, 4.69) is 15.0 Å². The standard InChI is InChI=1S/C8H10N4O2S/c1-3-14-8(13)7-11-5(2)6(15-7)4-10-12-9/h3-4H2,1-2H3. The average Bonchev–Trinajstić information content (AvgIpc) is 2.57. The van der Waals surface area contributed by atoms with E-state index in [0.29, 0.717) is 17.3 Å². The molecule has 0 aliphatic rings. The lowest BCUT2D eigenvalue weighted by molar-refractivity contribution is 0.0526. The highest BCUT2D eigenvalue weighted by molar-refractivity contribution is 7.13. The number of nitrogens with zero attached hydrogens (tertiary/aromatic N) is 4. The quantitative estimate of drug-likeness (QED) is 0.342. The van der Waals surface area contributed by atoms with Crippen LogP contribution in [0.25, 0.3) is 10.4 Å². The zero-order valence-electron chi connectivity index (χ0n) is 8.43. The third-order valence-electron chi connectivity index (χ3n) is 1.62. The van der Waals surface area contributed by atoms with Crippen molar-refractivity contribution >= 4 is 17.3 Å². The van der Waals surface area contributed by atoms with Gasteiger partial charge >= 0.3 is 5.97 Å². The fourth-order valence-electron chi connectivity index (χ4n) is 0.951. The number of carbonyl (C=O) groups excluding carboxylic acids is 1. The van der Waals surface area contributed by atoms with Crippen LogP contribution >= 0.6 is 11.3 Å². The Bertz CT molecular complexity index is 409. The van der Waals surface area contributed by atoms with Gasteiger partial charge in [0.15, 0.2) is 0 Å². The van der Waals surface area contributed by atoms with Crippen LogP contribution in [0.3, 0.4) is 0 Å². The summed E-state index contributed by atoms with van der Waals surface area (Å²) in [6, 6.07) is 0. The maximum Gasteiger partial charge on any atom is 0.367 e. The summed E-state index contributed by atoms with van der Waals surface area (Å²) in [6.07, 6.45) is 0. The third kappa shape index (κ3) is 2.93. The lowest BCUT2D eigenvalue weighted by Crippen LogP contribution is -2.03. The van der Waals surface area contributed by atoms with Gasteiger partial charge in [0.2, 0.25) is 5.01 Å². The molecule has 0 saturated carbocycles. The molecule has 1 rings (SSSR count). The summed E-state index contributed by atoms with van der Waals surface area (Å²) in [4.78, 5) is 18.8. The molecule has 7 heteroatoms. The molecule has 1 heterocycles. The van der Waals surface area contributed by atoms with Gasteiger partial charge < -0.3 is 4.74 Å². The molecule has 0 atom stereocenters. The Balaban J connectivity index is 2.84. The summed E-state index contributed by atoms with van der Waals surface area (Å²) in [5.41, 5.74) is 8.87. The summed E-state index contributed by atoms with van der Waals surface area (Å²) in [5, 5.41) is 3.72. The number of carbonyl (C=O) groups is 1. The van der Waals surface area contributed by atoms with Gasteiger partial charge in [0.1, 0.15) is 0 Å². The van der Waals surface area contributed by atoms with Gasteiger partial charge in [-0.15, -0.1) is 11.3 Å². The Kier molecular flexibility index (Phi) is 4.08. The van der Waals surface area contributed by atoms with Crippen molar-refractivity contribution in [3.63, 3.8) is 0 Å².